The Morgan fingerprint density at radius 2 is 1.60 bits per heavy atom. The lowest BCUT2D eigenvalue weighted by atomic mass is 9.95. The zero-order valence-corrected chi connectivity index (χ0v) is 10.8. The Kier molecular flexibility index (Phi) is 3.99. The molecule has 0 aliphatic heterocycles. The number of nitrogens with two attached hydrogens (primary N) is 1. The SMILES string of the molecule is COc1ccc(C(N)c2ccccc2C(F)(F)F)cc1. The van der Waals surface area contributed by atoms with Crippen molar-refractivity contribution in [1.82, 2.24) is 0 Å². The fourth-order valence-corrected chi connectivity index (χ4v) is 2.02. The van der Waals surface area contributed by atoms with Crippen molar-refractivity contribution in [3.63, 3.8) is 0 Å². The Morgan fingerprint density at radius 3 is 2.15 bits per heavy atom. The van der Waals surface area contributed by atoms with E-state index in [1.54, 1.807) is 30.3 Å². The Morgan fingerprint density at radius 1 is 1.00 bits per heavy atom. The second-order valence-corrected chi connectivity index (χ2v) is 4.34. The molecule has 2 rings (SSSR count). The number of methoxy groups -OCH3 is 1. The molecule has 106 valence electrons. The van der Waals surface area contributed by atoms with E-state index < -0.39 is 17.8 Å². The van der Waals surface area contributed by atoms with Crippen molar-refractivity contribution in [1.29, 1.82) is 0 Å². The van der Waals surface area contributed by atoms with Gasteiger partial charge >= 0.3 is 6.18 Å². The van der Waals surface area contributed by atoms with Crippen molar-refractivity contribution in [3.8, 4) is 5.75 Å². The molecule has 2 aromatic carbocycles. The third-order valence-corrected chi connectivity index (χ3v) is 3.08. The van der Waals surface area contributed by atoms with E-state index in [1.165, 1.54) is 19.2 Å². The van der Waals surface area contributed by atoms with Crippen LogP contribution in [0.3, 0.4) is 0 Å². The number of hydrogen-bond acceptors (Lipinski definition) is 2. The monoisotopic (exact) mass is 281 g/mol. The summed E-state index contributed by atoms with van der Waals surface area (Å²) in [5.74, 6) is 0.630. The van der Waals surface area contributed by atoms with Gasteiger partial charge in [-0.25, -0.2) is 0 Å². The topological polar surface area (TPSA) is 35.2 Å². The summed E-state index contributed by atoms with van der Waals surface area (Å²) in [5.41, 5.74) is 5.92. The Balaban J connectivity index is 2.40. The lowest BCUT2D eigenvalue weighted by molar-refractivity contribution is -0.138. The maximum absolute atomic E-state index is 13.0. The molecular weight excluding hydrogens is 267 g/mol. The smallest absolute Gasteiger partial charge is 0.416 e. The van der Waals surface area contributed by atoms with Gasteiger partial charge in [0.15, 0.2) is 0 Å². The standard InChI is InChI=1S/C15H14F3NO/c1-20-11-8-6-10(7-9-11)14(19)12-4-2-3-5-13(12)15(16,17)18/h2-9,14H,19H2,1H3. The van der Waals surface area contributed by atoms with Crippen LogP contribution in [-0.2, 0) is 6.18 Å². The highest BCUT2D eigenvalue weighted by molar-refractivity contribution is 5.40. The van der Waals surface area contributed by atoms with E-state index in [2.05, 4.69) is 0 Å². The van der Waals surface area contributed by atoms with E-state index in [-0.39, 0.29) is 5.56 Å². The first-order chi connectivity index (χ1) is 9.43. The van der Waals surface area contributed by atoms with Gasteiger partial charge in [0.1, 0.15) is 5.75 Å². The quantitative estimate of drug-likeness (QED) is 0.929. The molecule has 1 atom stereocenters. The predicted octanol–water partition coefficient (Wildman–Crippen LogP) is 3.76. The van der Waals surface area contributed by atoms with Gasteiger partial charge in [-0.2, -0.15) is 13.2 Å². The Labute approximate surface area is 115 Å². The van der Waals surface area contributed by atoms with Gasteiger partial charge in [0.05, 0.1) is 18.7 Å². The summed E-state index contributed by atoms with van der Waals surface area (Å²) >= 11 is 0. The molecule has 0 radical (unpaired) electrons. The molecule has 0 saturated heterocycles. The third-order valence-electron chi connectivity index (χ3n) is 3.08. The summed E-state index contributed by atoms with van der Waals surface area (Å²) in [6.07, 6.45) is -4.42. The summed E-state index contributed by atoms with van der Waals surface area (Å²) in [4.78, 5) is 0. The molecule has 0 fully saturated rings. The van der Waals surface area contributed by atoms with Gasteiger partial charge in [-0.3, -0.25) is 0 Å². The summed E-state index contributed by atoms with van der Waals surface area (Å²) in [5, 5.41) is 0. The highest BCUT2D eigenvalue weighted by Gasteiger charge is 2.34. The van der Waals surface area contributed by atoms with Crippen molar-refractivity contribution < 1.29 is 17.9 Å². The zero-order valence-electron chi connectivity index (χ0n) is 10.8. The van der Waals surface area contributed by atoms with Gasteiger partial charge < -0.3 is 10.5 Å². The van der Waals surface area contributed by atoms with Gasteiger partial charge in [-0.15, -0.1) is 0 Å². The fourth-order valence-electron chi connectivity index (χ4n) is 2.02. The first-order valence-corrected chi connectivity index (χ1v) is 5.99. The van der Waals surface area contributed by atoms with Crippen molar-refractivity contribution in [3.05, 3.63) is 65.2 Å². The summed E-state index contributed by atoms with van der Waals surface area (Å²) in [6.45, 7) is 0. The molecule has 5 heteroatoms. The molecule has 0 aromatic heterocycles. The highest BCUT2D eigenvalue weighted by Crippen LogP contribution is 2.35. The average Bonchev–Trinajstić information content (AvgIpc) is 2.46. The Hall–Kier alpha value is -2.01. The van der Waals surface area contributed by atoms with Crippen molar-refractivity contribution >= 4 is 0 Å². The van der Waals surface area contributed by atoms with E-state index in [9.17, 15) is 13.2 Å². The van der Waals surface area contributed by atoms with E-state index in [0.717, 1.165) is 6.07 Å². The van der Waals surface area contributed by atoms with Crippen LogP contribution in [0.1, 0.15) is 22.7 Å². The summed E-state index contributed by atoms with van der Waals surface area (Å²) < 4.78 is 43.9. The lowest BCUT2D eigenvalue weighted by Crippen LogP contribution is -2.18. The van der Waals surface area contributed by atoms with Crippen LogP contribution in [0.5, 0.6) is 5.75 Å². The molecule has 0 spiro atoms. The molecule has 2 nitrogen and oxygen atoms in total. The van der Waals surface area contributed by atoms with Gasteiger partial charge in [-0.05, 0) is 29.3 Å². The summed E-state index contributed by atoms with van der Waals surface area (Å²) in [6, 6.07) is 11.2. The lowest BCUT2D eigenvalue weighted by Gasteiger charge is -2.18. The van der Waals surface area contributed by atoms with Crippen molar-refractivity contribution in [2.45, 2.75) is 12.2 Å². The number of ether oxygens (including phenoxy) is 1. The van der Waals surface area contributed by atoms with Crippen molar-refractivity contribution in [2.24, 2.45) is 5.73 Å². The molecule has 2 aromatic rings. The molecule has 2 N–H and O–H groups in total. The second kappa shape index (κ2) is 5.54. The second-order valence-electron chi connectivity index (χ2n) is 4.34. The van der Waals surface area contributed by atoms with Crippen LogP contribution in [0.15, 0.2) is 48.5 Å². The fraction of sp³-hybridized carbons (Fsp3) is 0.200. The molecule has 0 aliphatic carbocycles. The molecule has 1 unspecified atom stereocenters. The van der Waals surface area contributed by atoms with E-state index in [0.29, 0.717) is 11.3 Å². The van der Waals surface area contributed by atoms with Gasteiger partial charge in [0, 0.05) is 0 Å². The van der Waals surface area contributed by atoms with Gasteiger partial charge in [-0.1, -0.05) is 30.3 Å². The molecule has 20 heavy (non-hydrogen) atoms. The highest BCUT2D eigenvalue weighted by atomic mass is 19.4. The molecule has 0 amide bonds. The average molecular weight is 281 g/mol. The van der Waals surface area contributed by atoms with Crippen LogP contribution in [-0.4, -0.2) is 7.11 Å². The largest absolute Gasteiger partial charge is 0.497 e. The number of alkyl halides is 3. The van der Waals surface area contributed by atoms with Crippen LogP contribution < -0.4 is 10.5 Å². The van der Waals surface area contributed by atoms with Crippen molar-refractivity contribution in [2.75, 3.05) is 7.11 Å². The zero-order chi connectivity index (χ0) is 14.8. The minimum absolute atomic E-state index is 0.0603. The van der Waals surface area contributed by atoms with E-state index in [1.807, 2.05) is 0 Å². The van der Waals surface area contributed by atoms with Crippen LogP contribution in [0.2, 0.25) is 0 Å². The van der Waals surface area contributed by atoms with Gasteiger partial charge in [0.25, 0.3) is 0 Å². The third kappa shape index (κ3) is 2.93. The predicted molar refractivity (Wildman–Crippen MR) is 70.5 cm³/mol. The number of benzene rings is 2. The first-order valence-electron chi connectivity index (χ1n) is 5.99. The number of rotatable bonds is 3. The summed E-state index contributed by atoms with van der Waals surface area (Å²) in [7, 11) is 1.52. The molecule has 0 bridgehead atoms. The number of hydrogen-bond donors (Lipinski definition) is 1. The van der Waals surface area contributed by atoms with Crippen LogP contribution >= 0.6 is 0 Å². The molecular formula is C15H14F3NO. The Bertz CT molecular complexity index is 578. The van der Waals surface area contributed by atoms with E-state index in [4.69, 9.17) is 10.5 Å². The maximum Gasteiger partial charge on any atom is 0.416 e. The minimum Gasteiger partial charge on any atom is -0.497 e. The molecule has 0 aliphatic rings. The first kappa shape index (κ1) is 14.4. The maximum atomic E-state index is 13.0. The minimum atomic E-state index is -4.42. The van der Waals surface area contributed by atoms with Crippen LogP contribution in [0.4, 0.5) is 13.2 Å². The van der Waals surface area contributed by atoms with Crippen LogP contribution in [0, 0.1) is 0 Å². The van der Waals surface area contributed by atoms with Gasteiger partial charge in [0.2, 0.25) is 0 Å². The van der Waals surface area contributed by atoms with E-state index >= 15 is 0 Å². The van der Waals surface area contributed by atoms with Crippen LogP contribution in [0.25, 0.3) is 0 Å². The molecule has 0 saturated carbocycles. The normalized spacial score (nSPS) is 13.1. The number of halogens is 3. The molecule has 0 heterocycles.